The van der Waals surface area contributed by atoms with Crippen molar-refractivity contribution in [2.45, 2.75) is 19.3 Å². The summed E-state index contributed by atoms with van der Waals surface area (Å²) in [7, 11) is -4.24. The molecule has 0 spiro atoms. The Hall–Kier alpha value is -7.58. The molecule has 0 bridgehead atoms. The van der Waals surface area contributed by atoms with E-state index in [1.807, 2.05) is 0 Å². The van der Waals surface area contributed by atoms with E-state index in [0.29, 0.717) is 0 Å². The SMILES string of the molecule is CC1(C)c2cccc(P(c3ccccc3)c3ccccc3)c2Oc2c(P(c3ccccc3)c3ccccc3)cc(-c3ccc4cccc(P(c5ccccc5)c5ccccc5)c4c3P(c3ccccc3)c3ccccc3)cc21. The fourth-order valence-electron chi connectivity index (χ4n) is 11.4. The fraction of sp³-hybridized carbons (Fsp3) is 0.0411. The third-order valence-electron chi connectivity index (χ3n) is 15.0. The van der Waals surface area contributed by atoms with Crippen LogP contribution in [0.3, 0.4) is 0 Å². The van der Waals surface area contributed by atoms with Crippen LogP contribution in [0.1, 0.15) is 25.0 Å². The van der Waals surface area contributed by atoms with Gasteiger partial charge in [0, 0.05) is 32.5 Å². The van der Waals surface area contributed by atoms with Gasteiger partial charge in [-0.3, -0.25) is 0 Å². The highest BCUT2D eigenvalue weighted by Crippen LogP contribution is 2.54. The summed E-state index contributed by atoms with van der Waals surface area (Å²) in [5.74, 6) is 1.94. The van der Waals surface area contributed by atoms with Gasteiger partial charge in [-0.1, -0.05) is 305 Å². The molecule has 1 aliphatic rings. The first kappa shape index (κ1) is 50.0. The van der Waals surface area contributed by atoms with Gasteiger partial charge in [-0.05, 0) is 113 Å². The van der Waals surface area contributed by atoms with Crippen LogP contribution < -0.4 is 68.4 Å². The monoisotopic (exact) mass is 1070 g/mol. The van der Waals surface area contributed by atoms with Gasteiger partial charge in [-0.15, -0.1) is 0 Å². The van der Waals surface area contributed by atoms with Crippen molar-refractivity contribution in [1.29, 1.82) is 0 Å². The van der Waals surface area contributed by atoms with E-state index in [1.54, 1.807) is 0 Å². The molecular weight excluding hydrogens is 1020 g/mol. The van der Waals surface area contributed by atoms with Crippen molar-refractivity contribution in [3.8, 4) is 22.6 Å². The van der Waals surface area contributed by atoms with Crippen molar-refractivity contribution in [2.24, 2.45) is 0 Å². The minimum absolute atomic E-state index is 0.465. The molecule has 12 aromatic rings. The van der Waals surface area contributed by atoms with Gasteiger partial charge in [-0.25, -0.2) is 0 Å². The van der Waals surface area contributed by atoms with E-state index in [2.05, 4.69) is 317 Å². The molecule has 1 aliphatic heterocycles. The number of fused-ring (bicyclic) bond motifs is 3. The molecule has 0 N–H and O–H groups in total. The van der Waals surface area contributed by atoms with Gasteiger partial charge >= 0.3 is 0 Å². The van der Waals surface area contributed by atoms with Crippen molar-refractivity contribution >= 4 is 106 Å². The molecule has 0 atom stereocenters. The molecule has 0 amide bonds. The first-order valence-corrected chi connectivity index (χ1v) is 32.0. The van der Waals surface area contributed by atoms with Crippen LogP contribution in [-0.4, -0.2) is 0 Å². The Kier molecular flexibility index (Phi) is 14.1. The van der Waals surface area contributed by atoms with Crippen LogP contribution in [0.4, 0.5) is 0 Å². The van der Waals surface area contributed by atoms with Crippen molar-refractivity contribution in [1.82, 2.24) is 0 Å². The molecule has 0 unspecified atom stereocenters. The maximum Gasteiger partial charge on any atom is 0.139 e. The topological polar surface area (TPSA) is 9.23 Å². The van der Waals surface area contributed by atoms with Crippen LogP contribution >= 0.6 is 31.7 Å². The molecule has 1 nitrogen and oxygen atoms in total. The average Bonchev–Trinajstić information content (AvgIpc) is 3.62. The number of hydrogen-bond donors (Lipinski definition) is 0. The Balaban J connectivity index is 1.14. The Bertz CT molecular complexity index is 3850. The number of ether oxygens (including phenoxy) is 1. The molecule has 0 fully saturated rings. The normalized spacial score (nSPS) is 12.6. The predicted octanol–water partition coefficient (Wildman–Crippen LogP) is 14.0. The first-order chi connectivity index (χ1) is 38.5. The van der Waals surface area contributed by atoms with Gasteiger partial charge in [0.05, 0.1) is 0 Å². The molecule has 374 valence electrons. The standard InChI is InChI=1S/C73H56OP4/c1-73(2)64-46-28-48-67(76(57-34-15-5-16-35-57)58-36-17-6-18-37-58)70(64)74-71-65(73)51-54(52-68(71)77(59-38-19-7-20-39-59)60-40-21-8-22-41-60)63-50-49-53-29-27-47-66(75(55-30-11-3-12-31-55)56-32-13-4-14-33-56)69(53)72(63)78(61-42-23-9-24-43-61)62-44-25-10-26-45-62/h3-52H,1-2H3. The van der Waals surface area contributed by atoms with E-state index in [1.165, 1.54) is 96.7 Å². The molecule has 0 aliphatic carbocycles. The van der Waals surface area contributed by atoms with E-state index in [4.69, 9.17) is 4.74 Å². The van der Waals surface area contributed by atoms with Crippen LogP contribution in [0.5, 0.6) is 11.5 Å². The van der Waals surface area contributed by atoms with Gasteiger partial charge in [0.15, 0.2) is 0 Å². The van der Waals surface area contributed by atoms with Gasteiger partial charge < -0.3 is 4.74 Å². The highest BCUT2D eigenvalue weighted by Gasteiger charge is 2.41. The molecular formula is C73H56OP4. The van der Waals surface area contributed by atoms with Crippen LogP contribution in [0, 0.1) is 0 Å². The average molecular weight is 1070 g/mol. The summed E-state index contributed by atoms with van der Waals surface area (Å²) in [6.45, 7) is 4.86. The van der Waals surface area contributed by atoms with Crippen LogP contribution in [0.2, 0.25) is 0 Å². The van der Waals surface area contributed by atoms with E-state index >= 15 is 0 Å². The lowest BCUT2D eigenvalue weighted by Crippen LogP contribution is -2.33. The molecule has 0 radical (unpaired) electrons. The van der Waals surface area contributed by atoms with Crippen molar-refractivity contribution in [2.75, 3.05) is 0 Å². The van der Waals surface area contributed by atoms with Crippen molar-refractivity contribution < 1.29 is 4.74 Å². The number of benzene rings is 12. The Labute approximate surface area is 464 Å². The van der Waals surface area contributed by atoms with Crippen molar-refractivity contribution in [3.63, 3.8) is 0 Å². The Morgan fingerprint density at radius 3 is 1.05 bits per heavy atom. The lowest BCUT2D eigenvalue weighted by molar-refractivity contribution is 0.425. The minimum Gasteiger partial charge on any atom is -0.455 e. The second-order valence-electron chi connectivity index (χ2n) is 20.1. The number of rotatable bonds is 13. The van der Waals surface area contributed by atoms with Crippen LogP contribution in [0.25, 0.3) is 21.9 Å². The molecule has 0 aromatic heterocycles. The predicted molar refractivity (Wildman–Crippen MR) is 343 cm³/mol. The highest BCUT2D eigenvalue weighted by molar-refractivity contribution is 7.82. The summed E-state index contributed by atoms with van der Waals surface area (Å²) < 4.78 is 7.89. The molecule has 0 saturated heterocycles. The third-order valence-corrected chi connectivity index (χ3v) is 24.9. The van der Waals surface area contributed by atoms with E-state index < -0.39 is 37.1 Å². The summed E-state index contributed by atoms with van der Waals surface area (Å²) in [4.78, 5) is 0. The van der Waals surface area contributed by atoms with E-state index in [-0.39, 0.29) is 0 Å². The van der Waals surface area contributed by atoms with Crippen LogP contribution in [0.15, 0.2) is 303 Å². The van der Waals surface area contributed by atoms with Crippen LogP contribution in [-0.2, 0) is 5.41 Å². The zero-order valence-electron chi connectivity index (χ0n) is 43.6. The summed E-state index contributed by atoms with van der Waals surface area (Å²) in [6, 6.07) is 113. The molecule has 12 aromatic carbocycles. The van der Waals surface area contributed by atoms with E-state index in [9.17, 15) is 0 Å². The number of para-hydroxylation sites is 1. The molecule has 78 heavy (non-hydrogen) atoms. The highest BCUT2D eigenvalue weighted by atomic mass is 31.1. The summed E-state index contributed by atoms with van der Waals surface area (Å²) in [5.41, 5.74) is 4.38. The second-order valence-corrected chi connectivity index (χ2v) is 28.8. The fourth-order valence-corrected chi connectivity index (χ4v) is 21.4. The smallest absolute Gasteiger partial charge is 0.139 e. The maximum atomic E-state index is 7.89. The van der Waals surface area contributed by atoms with E-state index in [0.717, 1.165) is 11.5 Å². The molecule has 5 heteroatoms. The summed E-state index contributed by atoms with van der Waals surface area (Å²) in [5, 5.41) is 18.2. The third kappa shape index (κ3) is 9.45. The van der Waals surface area contributed by atoms with Gasteiger partial charge in [0.25, 0.3) is 0 Å². The maximum absolute atomic E-state index is 7.89. The first-order valence-electron chi connectivity index (χ1n) is 26.7. The van der Waals surface area contributed by atoms with Gasteiger partial charge in [0.2, 0.25) is 0 Å². The second kappa shape index (κ2) is 22.0. The number of hydrogen-bond acceptors (Lipinski definition) is 1. The Morgan fingerprint density at radius 2 is 0.628 bits per heavy atom. The van der Waals surface area contributed by atoms with Gasteiger partial charge in [0.1, 0.15) is 11.5 Å². The Morgan fingerprint density at radius 1 is 0.282 bits per heavy atom. The summed E-state index contributed by atoms with van der Waals surface area (Å²) in [6.07, 6.45) is 0. The van der Waals surface area contributed by atoms with Crippen molar-refractivity contribution in [3.05, 3.63) is 314 Å². The molecule has 1 heterocycles. The molecule has 13 rings (SSSR count). The zero-order valence-corrected chi connectivity index (χ0v) is 47.1. The minimum atomic E-state index is -1.15. The largest absolute Gasteiger partial charge is 0.455 e. The quantitative estimate of drug-likeness (QED) is 0.105. The lowest BCUT2D eigenvalue weighted by atomic mass is 9.75. The summed E-state index contributed by atoms with van der Waals surface area (Å²) >= 11 is 0. The molecule has 0 saturated carbocycles. The van der Waals surface area contributed by atoms with Gasteiger partial charge in [-0.2, -0.15) is 0 Å². The lowest BCUT2D eigenvalue weighted by Gasteiger charge is -2.39. The zero-order chi connectivity index (χ0) is 52.4.